The van der Waals surface area contributed by atoms with Crippen LogP contribution in [0.2, 0.25) is 0 Å². The van der Waals surface area contributed by atoms with Crippen LogP contribution in [0, 0.1) is 0 Å². The van der Waals surface area contributed by atoms with Crippen LogP contribution >= 0.6 is 0 Å². The first-order valence-electron chi connectivity index (χ1n) is 9.53. The Hall–Kier alpha value is -3.66. The number of hydrogen-bond donors (Lipinski definition) is 0. The zero-order chi connectivity index (χ0) is 20.2. The van der Waals surface area contributed by atoms with Gasteiger partial charge in [-0.05, 0) is 24.6 Å². The zero-order valence-corrected chi connectivity index (χ0v) is 16.5. The van der Waals surface area contributed by atoms with Crippen LogP contribution in [0.5, 0.6) is 5.75 Å². The largest absolute Gasteiger partial charge is 0.497 e. The maximum absolute atomic E-state index is 12.7. The van der Waals surface area contributed by atoms with Crippen molar-refractivity contribution in [1.82, 2.24) is 9.78 Å². The molecule has 3 aromatic carbocycles. The van der Waals surface area contributed by atoms with E-state index in [-0.39, 0.29) is 5.78 Å². The van der Waals surface area contributed by atoms with E-state index < -0.39 is 0 Å². The summed E-state index contributed by atoms with van der Waals surface area (Å²) in [5, 5.41) is 4.88. The van der Waals surface area contributed by atoms with Crippen LogP contribution in [0.4, 0.5) is 0 Å². The van der Waals surface area contributed by atoms with Crippen molar-refractivity contribution in [2.24, 2.45) is 0 Å². The second-order valence-electron chi connectivity index (χ2n) is 6.87. The van der Waals surface area contributed by atoms with E-state index in [9.17, 15) is 4.79 Å². The molecule has 0 saturated carbocycles. The topological polar surface area (TPSA) is 44.1 Å². The van der Waals surface area contributed by atoms with Gasteiger partial charge in [0.2, 0.25) is 0 Å². The Morgan fingerprint density at radius 2 is 1.45 bits per heavy atom. The number of Topliss-reactive ketones (excluding diaryl/α,β-unsaturated/α-hetero) is 1. The second kappa shape index (κ2) is 8.15. The number of ketones is 1. The zero-order valence-electron chi connectivity index (χ0n) is 16.5. The van der Waals surface area contributed by atoms with Crippen LogP contribution in [0.3, 0.4) is 0 Å². The predicted molar refractivity (Wildman–Crippen MR) is 115 cm³/mol. The standard InChI is InChI=1S/C25H22N2O2/c1-18(28)23-24(20-9-5-3-6-10-20)26-27(25(23)21-11-7-4-8-12-21)17-19-13-15-22(29-2)16-14-19/h3-16H,17H2,1-2H3. The Kier molecular flexibility index (Phi) is 5.25. The fourth-order valence-corrected chi connectivity index (χ4v) is 3.50. The molecule has 4 heteroatoms. The first kappa shape index (κ1) is 18.7. The third-order valence-corrected chi connectivity index (χ3v) is 4.89. The second-order valence-corrected chi connectivity index (χ2v) is 6.87. The summed E-state index contributed by atoms with van der Waals surface area (Å²) < 4.78 is 7.18. The lowest BCUT2D eigenvalue weighted by molar-refractivity contribution is 0.101. The van der Waals surface area contributed by atoms with Gasteiger partial charge in [-0.3, -0.25) is 9.48 Å². The minimum absolute atomic E-state index is 0.00341. The normalized spacial score (nSPS) is 10.7. The number of ether oxygens (including phenoxy) is 1. The third kappa shape index (κ3) is 3.83. The van der Waals surface area contributed by atoms with Crippen molar-refractivity contribution < 1.29 is 9.53 Å². The van der Waals surface area contributed by atoms with Crippen LogP contribution in [0.15, 0.2) is 84.9 Å². The number of carbonyl (C=O) groups is 1. The van der Waals surface area contributed by atoms with Crippen molar-refractivity contribution >= 4 is 5.78 Å². The number of hydrogen-bond acceptors (Lipinski definition) is 3. The highest BCUT2D eigenvalue weighted by molar-refractivity contribution is 6.05. The number of carbonyl (C=O) groups excluding carboxylic acids is 1. The lowest BCUT2D eigenvalue weighted by atomic mass is 9.99. The highest BCUT2D eigenvalue weighted by atomic mass is 16.5. The van der Waals surface area contributed by atoms with Gasteiger partial charge >= 0.3 is 0 Å². The van der Waals surface area contributed by atoms with E-state index in [1.165, 1.54) is 0 Å². The molecule has 0 saturated heterocycles. The van der Waals surface area contributed by atoms with E-state index in [1.54, 1.807) is 14.0 Å². The van der Waals surface area contributed by atoms with Crippen LogP contribution in [-0.2, 0) is 6.54 Å². The van der Waals surface area contributed by atoms with Crippen molar-refractivity contribution in [2.75, 3.05) is 7.11 Å². The number of benzene rings is 3. The van der Waals surface area contributed by atoms with Gasteiger partial charge in [0.15, 0.2) is 5.78 Å². The Labute approximate surface area is 170 Å². The molecule has 144 valence electrons. The first-order chi connectivity index (χ1) is 14.2. The number of nitrogens with zero attached hydrogens (tertiary/aromatic N) is 2. The van der Waals surface area contributed by atoms with E-state index in [2.05, 4.69) is 0 Å². The lowest BCUT2D eigenvalue weighted by Gasteiger charge is -2.10. The van der Waals surface area contributed by atoms with Crippen molar-refractivity contribution in [2.45, 2.75) is 13.5 Å². The molecular weight excluding hydrogens is 360 g/mol. The smallest absolute Gasteiger partial charge is 0.164 e. The van der Waals surface area contributed by atoms with Gasteiger partial charge in [0.05, 0.1) is 24.9 Å². The predicted octanol–water partition coefficient (Wildman–Crippen LogP) is 5.48. The molecule has 0 spiro atoms. The third-order valence-electron chi connectivity index (χ3n) is 4.89. The van der Waals surface area contributed by atoms with Gasteiger partial charge in [-0.2, -0.15) is 5.10 Å². The molecule has 4 aromatic rings. The SMILES string of the molecule is COc1ccc(Cn2nc(-c3ccccc3)c(C(C)=O)c2-c2ccccc2)cc1. The average molecular weight is 382 g/mol. The van der Waals surface area contributed by atoms with Crippen molar-refractivity contribution in [1.29, 1.82) is 0 Å². The van der Waals surface area contributed by atoms with Crippen molar-refractivity contribution in [3.8, 4) is 28.3 Å². The summed E-state index contributed by atoms with van der Waals surface area (Å²) in [6.07, 6.45) is 0. The summed E-state index contributed by atoms with van der Waals surface area (Å²) in [5.41, 5.74) is 5.19. The van der Waals surface area contributed by atoms with Crippen LogP contribution in [0.1, 0.15) is 22.8 Å². The molecule has 0 fully saturated rings. The molecule has 4 rings (SSSR count). The summed E-state index contributed by atoms with van der Waals surface area (Å²) in [7, 11) is 1.65. The lowest BCUT2D eigenvalue weighted by Crippen LogP contribution is -2.05. The molecule has 4 nitrogen and oxygen atoms in total. The summed E-state index contributed by atoms with van der Waals surface area (Å²) >= 11 is 0. The Morgan fingerprint density at radius 3 is 2.00 bits per heavy atom. The van der Waals surface area contributed by atoms with Gasteiger partial charge in [-0.1, -0.05) is 72.8 Å². The molecular formula is C25H22N2O2. The van der Waals surface area contributed by atoms with Gasteiger partial charge < -0.3 is 4.74 Å². The number of rotatable bonds is 6. The summed E-state index contributed by atoms with van der Waals surface area (Å²) in [6.45, 7) is 2.16. The Balaban J connectivity index is 1.90. The quantitative estimate of drug-likeness (QED) is 0.415. The molecule has 0 atom stereocenters. The minimum atomic E-state index is 0.00341. The van der Waals surface area contributed by atoms with E-state index in [0.29, 0.717) is 17.8 Å². The average Bonchev–Trinajstić information content (AvgIpc) is 3.15. The molecule has 1 heterocycles. The highest BCUT2D eigenvalue weighted by Gasteiger charge is 2.23. The maximum Gasteiger partial charge on any atom is 0.164 e. The molecule has 0 amide bonds. The molecule has 0 aliphatic rings. The monoisotopic (exact) mass is 382 g/mol. The first-order valence-corrected chi connectivity index (χ1v) is 9.53. The van der Waals surface area contributed by atoms with Crippen LogP contribution in [0.25, 0.3) is 22.5 Å². The molecule has 0 N–H and O–H groups in total. The van der Waals surface area contributed by atoms with E-state index >= 15 is 0 Å². The highest BCUT2D eigenvalue weighted by Crippen LogP contribution is 2.33. The van der Waals surface area contributed by atoms with Crippen molar-refractivity contribution in [3.63, 3.8) is 0 Å². The van der Waals surface area contributed by atoms with E-state index in [0.717, 1.165) is 28.1 Å². The number of methoxy groups -OCH3 is 1. The molecule has 1 aromatic heterocycles. The van der Waals surface area contributed by atoms with Crippen molar-refractivity contribution in [3.05, 3.63) is 96.1 Å². The summed E-state index contributed by atoms with van der Waals surface area (Å²) in [4.78, 5) is 12.7. The molecule has 0 aliphatic carbocycles. The van der Waals surface area contributed by atoms with E-state index in [4.69, 9.17) is 9.84 Å². The Morgan fingerprint density at radius 1 is 0.862 bits per heavy atom. The van der Waals surface area contributed by atoms with Crippen LogP contribution < -0.4 is 4.74 Å². The van der Waals surface area contributed by atoms with Gasteiger partial charge in [0.25, 0.3) is 0 Å². The van der Waals surface area contributed by atoms with Crippen LogP contribution in [-0.4, -0.2) is 22.7 Å². The van der Waals surface area contributed by atoms with Gasteiger partial charge in [0.1, 0.15) is 11.4 Å². The summed E-state index contributed by atoms with van der Waals surface area (Å²) in [6, 6.07) is 27.7. The fraction of sp³-hybridized carbons (Fsp3) is 0.120. The Bertz CT molecular complexity index is 1110. The van der Waals surface area contributed by atoms with Gasteiger partial charge in [-0.25, -0.2) is 0 Å². The summed E-state index contributed by atoms with van der Waals surface area (Å²) in [5.74, 6) is 0.815. The maximum atomic E-state index is 12.7. The molecule has 0 unspecified atom stereocenters. The molecule has 0 radical (unpaired) electrons. The molecule has 0 bridgehead atoms. The fourth-order valence-electron chi connectivity index (χ4n) is 3.50. The molecule has 29 heavy (non-hydrogen) atoms. The minimum Gasteiger partial charge on any atom is -0.497 e. The van der Waals surface area contributed by atoms with E-state index in [1.807, 2.05) is 89.6 Å². The molecule has 0 aliphatic heterocycles. The van der Waals surface area contributed by atoms with Gasteiger partial charge in [-0.15, -0.1) is 0 Å². The number of aromatic nitrogens is 2. The van der Waals surface area contributed by atoms with Gasteiger partial charge in [0, 0.05) is 11.1 Å².